The summed E-state index contributed by atoms with van der Waals surface area (Å²) in [7, 11) is 0. The van der Waals surface area contributed by atoms with Crippen molar-refractivity contribution < 1.29 is 4.79 Å². The van der Waals surface area contributed by atoms with Gasteiger partial charge in [0, 0.05) is 5.69 Å². The first-order chi connectivity index (χ1) is 8.95. The van der Waals surface area contributed by atoms with Gasteiger partial charge in [0.2, 0.25) is 0 Å². The Morgan fingerprint density at radius 1 is 0.947 bits per heavy atom. The molecule has 0 bridgehead atoms. The highest BCUT2D eigenvalue weighted by Gasteiger charge is 2.04. The van der Waals surface area contributed by atoms with E-state index >= 15 is 0 Å². The third kappa shape index (κ3) is 3.13. The fourth-order valence-corrected chi connectivity index (χ4v) is 2.26. The quantitative estimate of drug-likeness (QED) is 0.842. The van der Waals surface area contributed by atoms with Gasteiger partial charge in [-0.1, -0.05) is 35.4 Å². The molecule has 0 atom stereocenters. The van der Waals surface area contributed by atoms with Crippen molar-refractivity contribution in [1.29, 1.82) is 0 Å². The number of nitrogens with two attached hydrogens (primary N) is 1. The molecule has 0 radical (unpaired) electrons. The average Bonchev–Trinajstić information content (AvgIpc) is 2.30. The molecule has 19 heavy (non-hydrogen) atoms. The summed E-state index contributed by atoms with van der Waals surface area (Å²) in [5.74, 6) is 0. The number of urea groups is 1. The fourth-order valence-electron chi connectivity index (χ4n) is 2.26. The molecule has 0 spiro atoms. The van der Waals surface area contributed by atoms with E-state index in [1.54, 1.807) is 0 Å². The number of nitrogens with one attached hydrogen (secondary N) is 1. The molecule has 0 aliphatic rings. The number of carbonyl (C=O) groups is 1. The Hall–Kier alpha value is -2.29. The van der Waals surface area contributed by atoms with Gasteiger partial charge in [-0.3, -0.25) is 0 Å². The molecule has 0 fully saturated rings. The fraction of sp³-hybridized carbons (Fsp3) is 0.188. The van der Waals surface area contributed by atoms with Crippen LogP contribution in [0.25, 0.3) is 11.1 Å². The van der Waals surface area contributed by atoms with Crippen LogP contribution in [-0.2, 0) is 0 Å². The van der Waals surface area contributed by atoms with Gasteiger partial charge >= 0.3 is 6.03 Å². The minimum Gasteiger partial charge on any atom is -0.351 e. The second-order valence-electron chi connectivity index (χ2n) is 4.90. The maximum Gasteiger partial charge on any atom is 0.316 e. The predicted molar refractivity (Wildman–Crippen MR) is 79.3 cm³/mol. The zero-order chi connectivity index (χ0) is 14.0. The maximum atomic E-state index is 10.9. The van der Waals surface area contributed by atoms with Crippen molar-refractivity contribution in [1.82, 2.24) is 0 Å². The first kappa shape index (κ1) is 13.1. The third-order valence-corrected chi connectivity index (χ3v) is 3.04. The zero-order valence-electron chi connectivity index (χ0n) is 11.4. The summed E-state index contributed by atoms with van der Waals surface area (Å²) in [4.78, 5) is 10.9. The number of hydrogen-bond donors (Lipinski definition) is 2. The number of benzene rings is 2. The Morgan fingerprint density at radius 3 is 2.11 bits per heavy atom. The number of carbonyl (C=O) groups excluding carboxylic acids is 1. The van der Waals surface area contributed by atoms with Crippen molar-refractivity contribution in [2.75, 3.05) is 5.32 Å². The van der Waals surface area contributed by atoms with Crippen molar-refractivity contribution >= 4 is 11.7 Å². The molecule has 0 aliphatic carbocycles. The number of aryl methyl sites for hydroxylation is 3. The molecule has 2 aromatic rings. The van der Waals surface area contributed by atoms with Gasteiger partial charge in [-0.05, 0) is 49.6 Å². The summed E-state index contributed by atoms with van der Waals surface area (Å²) in [6.07, 6.45) is 0. The number of anilines is 1. The first-order valence-electron chi connectivity index (χ1n) is 6.21. The second-order valence-corrected chi connectivity index (χ2v) is 4.90. The van der Waals surface area contributed by atoms with Crippen molar-refractivity contribution in [3.8, 4) is 11.1 Å². The Bertz CT molecular complexity index is 612. The van der Waals surface area contributed by atoms with Crippen LogP contribution >= 0.6 is 0 Å². The maximum absolute atomic E-state index is 10.9. The van der Waals surface area contributed by atoms with E-state index in [4.69, 9.17) is 5.73 Å². The summed E-state index contributed by atoms with van der Waals surface area (Å²) < 4.78 is 0. The van der Waals surface area contributed by atoms with E-state index in [9.17, 15) is 4.79 Å². The summed E-state index contributed by atoms with van der Waals surface area (Å²) in [5, 5.41) is 2.61. The van der Waals surface area contributed by atoms with Gasteiger partial charge in [0.15, 0.2) is 0 Å². The molecule has 2 rings (SSSR count). The number of hydrogen-bond acceptors (Lipinski definition) is 1. The van der Waals surface area contributed by atoms with Gasteiger partial charge < -0.3 is 11.1 Å². The Balaban J connectivity index is 2.41. The van der Waals surface area contributed by atoms with Crippen molar-refractivity contribution in [2.24, 2.45) is 5.73 Å². The van der Waals surface area contributed by atoms with E-state index in [0.717, 1.165) is 16.8 Å². The van der Waals surface area contributed by atoms with E-state index in [1.165, 1.54) is 16.7 Å². The number of amides is 2. The van der Waals surface area contributed by atoms with Crippen LogP contribution in [0.1, 0.15) is 16.7 Å². The third-order valence-electron chi connectivity index (χ3n) is 3.04. The van der Waals surface area contributed by atoms with Crippen LogP contribution in [0.2, 0.25) is 0 Å². The minimum absolute atomic E-state index is 0.540. The van der Waals surface area contributed by atoms with Crippen molar-refractivity contribution in [2.45, 2.75) is 20.8 Å². The van der Waals surface area contributed by atoms with Crippen LogP contribution in [0.3, 0.4) is 0 Å². The highest BCUT2D eigenvalue weighted by Crippen LogP contribution is 2.26. The second kappa shape index (κ2) is 5.14. The minimum atomic E-state index is -0.540. The Kier molecular flexibility index (Phi) is 3.56. The van der Waals surface area contributed by atoms with E-state index in [0.29, 0.717) is 0 Å². The molecule has 0 saturated carbocycles. The van der Waals surface area contributed by atoms with Gasteiger partial charge in [0.05, 0.1) is 0 Å². The van der Waals surface area contributed by atoms with Crippen LogP contribution in [0.5, 0.6) is 0 Å². The number of primary amides is 1. The lowest BCUT2D eigenvalue weighted by Gasteiger charge is -2.10. The molecule has 3 heteroatoms. The topological polar surface area (TPSA) is 55.1 Å². The summed E-state index contributed by atoms with van der Waals surface area (Å²) >= 11 is 0. The van der Waals surface area contributed by atoms with E-state index < -0.39 is 6.03 Å². The summed E-state index contributed by atoms with van der Waals surface area (Å²) in [6, 6.07) is 11.9. The molecule has 0 aromatic heterocycles. The smallest absolute Gasteiger partial charge is 0.316 e. The van der Waals surface area contributed by atoms with E-state index in [1.807, 2.05) is 19.1 Å². The van der Waals surface area contributed by atoms with Crippen LogP contribution in [-0.4, -0.2) is 6.03 Å². The molecule has 3 nitrogen and oxygen atoms in total. The molecular formula is C16H18N2O. The standard InChI is InChI=1S/C16H18N2O/c1-10-6-11(2)8-14(7-10)13-4-5-15(12(3)9-13)18-16(17)19/h4-9H,1-3H3,(H3,17,18,19). The highest BCUT2D eigenvalue weighted by molar-refractivity contribution is 5.89. The summed E-state index contributed by atoms with van der Waals surface area (Å²) in [6.45, 7) is 6.14. The lowest BCUT2D eigenvalue weighted by molar-refractivity contribution is 0.259. The van der Waals surface area contributed by atoms with Gasteiger partial charge in [-0.25, -0.2) is 4.79 Å². The SMILES string of the molecule is Cc1cc(C)cc(-c2ccc(NC(N)=O)c(C)c2)c1. The van der Waals surface area contributed by atoms with Gasteiger partial charge in [-0.2, -0.15) is 0 Å². The molecule has 0 unspecified atom stereocenters. The van der Waals surface area contributed by atoms with Crippen LogP contribution in [0, 0.1) is 20.8 Å². The predicted octanol–water partition coefficient (Wildman–Crippen LogP) is 3.77. The normalized spacial score (nSPS) is 10.3. The molecule has 2 aromatic carbocycles. The molecule has 0 aliphatic heterocycles. The molecule has 0 heterocycles. The molecular weight excluding hydrogens is 236 g/mol. The van der Waals surface area contributed by atoms with Gasteiger partial charge in [-0.15, -0.1) is 0 Å². The first-order valence-corrected chi connectivity index (χ1v) is 6.21. The molecule has 98 valence electrons. The van der Waals surface area contributed by atoms with E-state index in [2.05, 4.69) is 43.4 Å². The van der Waals surface area contributed by atoms with Gasteiger partial charge in [0.1, 0.15) is 0 Å². The molecule has 0 saturated heterocycles. The van der Waals surface area contributed by atoms with E-state index in [-0.39, 0.29) is 0 Å². The van der Waals surface area contributed by atoms with Crippen molar-refractivity contribution in [3.05, 3.63) is 53.1 Å². The van der Waals surface area contributed by atoms with Gasteiger partial charge in [0.25, 0.3) is 0 Å². The van der Waals surface area contributed by atoms with Crippen LogP contribution in [0.15, 0.2) is 36.4 Å². The lowest BCUT2D eigenvalue weighted by Crippen LogP contribution is -2.19. The highest BCUT2D eigenvalue weighted by atomic mass is 16.2. The number of rotatable bonds is 2. The lowest BCUT2D eigenvalue weighted by atomic mass is 9.99. The average molecular weight is 254 g/mol. The van der Waals surface area contributed by atoms with Crippen LogP contribution in [0.4, 0.5) is 10.5 Å². The van der Waals surface area contributed by atoms with Crippen LogP contribution < -0.4 is 11.1 Å². The summed E-state index contributed by atoms with van der Waals surface area (Å²) in [5.41, 5.74) is 11.7. The Labute approximate surface area is 113 Å². The monoisotopic (exact) mass is 254 g/mol. The largest absolute Gasteiger partial charge is 0.351 e. The molecule has 2 amide bonds. The molecule has 3 N–H and O–H groups in total. The Morgan fingerprint density at radius 2 is 1.58 bits per heavy atom. The van der Waals surface area contributed by atoms with Crippen molar-refractivity contribution in [3.63, 3.8) is 0 Å². The zero-order valence-corrected chi connectivity index (χ0v) is 11.4.